The van der Waals surface area contributed by atoms with E-state index in [9.17, 15) is 22.0 Å². The van der Waals surface area contributed by atoms with Crippen molar-refractivity contribution in [2.45, 2.75) is 12.8 Å². The van der Waals surface area contributed by atoms with Crippen LogP contribution in [0.15, 0.2) is 42.5 Å². The van der Waals surface area contributed by atoms with Gasteiger partial charge in [-0.15, -0.1) is 0 Å². The molecule has 0 radical (unpaired) electrons. The van der Waals surface area contributed by atoms with Crippen LogP contribution in [0.3, 0.4) is 0 Å². The van der Waals surface area contributed by atoms with Gasteiger partial charge in [0.2, 0.25) is 0 Å². The predicted octanol–water partition coefficient (Wildman–Crippen LogP) is 5.63. The molecule has 0 aliphatic heterocycles. The van der Waals surface area contributed by atoms with E-state index in [-0.39, 0.29) is 10.8 Å². The maximum Gasteiger partial charge on any atom is 0.416 e. The van der Waals surface area contributed by atoms with E-state index in [0.717, 1.165) is 12.1 Å². The van der Waals surface area contributed by atoms with E-state index in [0.29, 0.717) is 11.1 Å². The second kappa shape index (κ2) is 5.89. The molecular weight excluding hydrogens is 315 g/mol. The summed E-state index contributed by atoms with van der Waals surface area (Å²) >= 11 is 5.93. The van der Waals surface area contributed by atoms with Gasteiger partial charge in [-0.1, -0.05) is 23.7 Å². The highest BCUT2D eigenvalue weighted by molar-refractivity contribution is 6.33. The van der Waals surface area contributed by atoms with Crippen molar-refractivity contribution in [1.29, 1.82) is 0 Å². The lowest BCUT2D eigenvalue weighted by Crippen LogP contribution is -2.04. The molecule has 0 unspecified atom stereocenters. The van der Waals surface area contributed by atoms with Crippen LogP contribution in [0.1, 0.15) is 5.56 Å². The van der Waals surface area contributed by atoms with Gasteiger partial charge in [-0.3, -0.25) is 0 Å². The van der Waals surface area contributed by atoms with Crippen LogP contribution >= 0.6 is 11.6 Å². The molecule has 0 N–H and O–H groups in total. The third-order valence-corrected chi connectivity index (χ3v) is 3.00. The summed E-state index contributed by atoms with van der Waals surface area (Å²) in [7, 11) is 0. The van der Waals surface area contributed by atoms with E-state index in [1.807, 2.05) is 0 Å². The Morgan fingerprint density at radius 1 is 0.952 bits per heavy atom. The van der Waals surface area contributed by atoms with Crippen molar-refractivity contribution >= 4 is 11.6 Å². The molecule has 21 heavy (non-hydrogen) atoms. The molecule has 0 aliphatic carbocycles. The van der Waals surface area contributed by atoms with Gasteiger partial charge in [0.1, 0.15) is 5.75 Å². The Bertz CT molecular complexity index is 622. The first-order valence-electron chi connectivity index (χ1n) is 5.69. The molecule has 2 rings (SSSR count). The van der Waals surface area contributed by atoms with E-state index < -0.39 is 18.4 Å². The van der Waals surface area contributed by atoms with Crippen LogP contribution in [0.25, 0.3) is 11.1 Å². The van der Waals surface area contributed by atoms with Crippen molar-refractivity contribution in [1.82, 2.24) is 0 Å². The van der Waals surface area contributed by atoms with Crippen LogP contribution in [0.5, 0.6) is 5.75 Å². The summed E-state index contributed by atoms with van der Waals surface area (Å²) in [6.45, 7) is -2.97. The lowest BCUT2D eigenvalue weighted by atomic mass is 10.0. The Morgan fingerprint density at radius 3 is 2.05 bits per heavy atom. The minimum Gasteiger partial charge on any atom is -0.435 e. The Labute approximate surface area is 121 Å². The molecule has 2 aromatic carbocycles. The summed E-state index contributed by atoms with van der Waals surface area (Å²) in [6, 6.07) is 8.23. The second-order valence-corrected chi connectivity index (χ2v) is 4.50. The van der Waals surface area contributed by atoms with Crippen molar-refractivity contribution < 1.29 is 26.7 Å². The van der Waals surface area contributed by atoms with Gasteiger partial charge in [0.25, 0.3) is 0 Å². The van der Waals surface area contributed by atoms with Crippen LogP contribution in [0.4, 0.5) is 22.0 Å². The number of hydrogen-bond donors (Lipinski definition) is 0. The molecule has 0 aromatic heterocycles. The zero-order chi connectivity index (χ0) is 15.6. The normalized spacial score (nSPS) is 11.8. The molecule has 0 aliphatic rings. The van der Waals surface area contributed by atoms with Crippen molar-refractivity contribution in [2.24, 2.45) is 0 Å². The fourth-order valence-corrected chi connectivity index (χ4v) is 2.02. The molecule has 0 amide bonds. The summed E-state index contributed by atoms with van der Waals surface area (Å²) in [4.78, 5) is 0. The molecule has 7 heteroatoms. The number of rotatable bonds is 3. The highest BCUT2D eigenvalue weighted by atomic mass is 35.5. The van der Waals surface area contributed by atoms with Crippen LogP contribution in [0.2, 0.25) is 5.02 Å². The Kier molecular flexibility index (Phi) is 4.37. The average Bonchev–Trinajstić information content (AvgIpc) is 2.37. The number of benzene rings is 2. The summed E-state index contributed by atoms with van der Waals surface area (Å²) in [5, 5.41) is 0.105. The van der Waals surface area contributed by atoms with Crippen molar-refractivity contribution in [3.63, 3.8) is 0 Å². The molecular formula is C14H8ClF5O. The van der Waals surface area contributed by atoms with Gasteiger partial charge in [-0.25, -0.2) is 0 Å². The number of ether oxygens (including phenoxy) is 1. The van der Waals surface area contributed by atoms with Crippen molar-refractivity contribution in [2.75, 3.05) is 0 Å². The molecule has 0 atom stereocenters. The molecule has 0 bridgehead atoms. The molecule has 2 aromatic rings. The van der Waals surface area contributed by atoms with Crippen LogP contribution < -0.4 is 4.74 Å². The van der Waals surface area contributed by atoms with Gasteiger partial charge >= 0.3 is 12.8 Å². The third-order valence-electron chi connectivity index (χ3n) is 2.69. The zero-order valence-electron chi connectivity index (χ0n) is 10.3. The number of hydrogen-bond acceptors (Lipinski definition) is 1. The van der Waals surface area contributed by atoms with E-state index in [1.54, 1.807) is 0 Å². The van der Waals surface area contributed by atoms with Gasteiger partial charge in [0.05, 0.1) is 10.6 Å². The van der Waals surface area contributed by atoms with E-state index in [2.05, 4.69) is 4.74 Å². The Morgan fingerprint density at radius 2 is 1.57 bits per heavy atom. The quantitative estimate of drug-likeness (QED) is 0.666. The third kappa shape index (κ3) is 3.85. The minimum atomic E-state index is -4.42. The monoisotopic (exact) mass is 322 g/mol. The van der Waals surface area contributed by atoms with Gasteiger partial charge < -0.3 is 4.74 Å². The molecule has 0 saturated heterocycles. The first-order valence-corrected chi connectivity index (χ1v) is 6.07. The summed E-state index contributed by atoms with van der Waals surface area (Å²) in [6.07, 6.45) is -4.42. The maximum absolute atomic E-state index is 12.5. The molecule has 112 valence electrons. The first-order chi connectivity index (χ1) is 9.77. The standard InChI is InChI=1S/C14H8ClF5O/c15-12-7-10(21-13(16)17)5-6-11(12)8-1-3-9(4-2-8)14(18,19)20/h1-7,13H. The smallest absolute Gasteiger partial charge is 0.416 e. The highest BCUT2D eigenvalue weighted by Crippen LogP contribution is 2.34. The largest absolute Gasteiger partial charge is 0.435 e. The van der Waals surface area contributed by atoms with Gasteiger partial charge in [0, 0.05) is 5.56 Å². The van der Waals surface area contributed by atoms with E-state index >= 15 is 0 Å². The number of alkyl halides is 5. The van der Waals surface area contributed by atoms with Gasteiger partial charge in [0.15, 0.2) is 0 Å². The average molecular weight is 323 g/mol. The molecule has 0 fully saturated rings. The highest BCUT2D eigenvalue weighted by Gasteiger charge is 2.30. The fourth-order valence-electron chi connectivity index (χ4n) is 1.74. The predicted molar refractivity (Wildman–Crippen MR) is 68.5 cm³/mol. The lowest BCUT2D eigenvalue weighted by Gasteiger charge is -2.10. The van der Waals surface area contributed by atoms with Crippen LogP contribution in [-0.4, -0.2) is 6.61 Å². The summed E-state index contributed by atoms with van der Waals surface area (Å²) in [5.74, 6) is -0.120. The van der Waals surface area contributed by atoms with Crippen LogP contribution in [0, 0.1) is 0 Å². The first kappa shape index (κ1) is 15.6. The minimum absolute atomic E-state index is 0.105. The van der Waals surface area contributed by atoms with Crippen molar-refractivity contribution in [3.05, 3.63) is 53.1 Å². The summed E-state index contributed by atoms with van der Waals surface area (Å²) < 4.78 is 65.7. The Balaban J connectivity index is 2.30. The van der Waals surface area contributed by atoms with Crippen LogP contribution in [-0.2, 0) is 6.18 Å². The van der Waals surface area contributed by atoms with Crippen molar-refractivity contribution in [3.8, 4) is 16.9 Å². The zero-order valence-corrected chi connectivity index (χ0v) is 11.1. The Hall–Kier alpha value is -1.82. The lowest BCUT2D eigenvalue weighted by molar-refractivity contribution is -0.137. The van der Waals surface area contributed by atoms with E-state index in [4.69, 9.17) is 11.6 Å². The molecule has 0 spiro atoms. The SMILES string of the molecule is FC(F)Oc1ccc(-c2ccc(C(F)(F)F)cc2)c(Cl)c1. The van der Waals surface area contributed by atoms with Gasteiger partial charge in [-0.05, 0) is 35.9 Å². The fraction of sp³-hybridized carbons (Fsp3) is 0.143. The van der Waals surface area contributed by atoms with E-state index in [1.165, 1.54) is 30.3 Å². The van der Waals surface area contributed by atoms with Gasteiger partial charge in [-0.2, -0.15) is 22.0 Å². The maximum atomic E-state index is 12.5. The summed E-state index contributed by atoms with van der Waals surface area (Å²) in [5.41, 5.74) is 0.0867. The second-order valence-electron chi connectivity index (χ2n) is 4.10. The molecule has 0 saturated carbocycles. The molecule has 0 heterocycles. The number of halogens is 6. The molecule has 1 nitrogen and oxygen atoms in total. The topological polar surface area (TPSA) is 9.23 Å².